The largest absolute Gasteiger partial charge is 0.493 e. The fraction of sp³-hybridized carbons (Fsp3) is 0.192. The van der Waals surface area contributed by atoms with Crippen LogP contribution in [0.5, 0.6) is 5.88 Å². The number of aromatic hydroxyl groups is 1. The van der Waals surface area contributed by atoms with Crippen LogP contribution >= 0.6 is 0 Å². The predicted octanol–water partition coefficient (Wildman–Crippen LogP) is 6.62. The first-order valence-corrected chi connectivity index (χ1v) is 10.3. The van der Waals surface area contributed by atoms with Gasteiger partial charge in [0.2, 0.25) is 5.88 Å². The van der Waals surface area contributed by atoms with Crippen molar-refractivity contribution in [2.75, 3.05) is 0 Å². The zero-order chi connectivity index (χ0) is 22.0. The van der Waals surface area contributed by atoms with E-state index in [4.69, 9.17) is 0 Å². The van der Waals surface area contributed by atoms with E-state index in [9.17, 15) is 9.90 Å². The van der Waals surface area contributed by atoms with Crippen LogP contribution in [0, 0.1) is 0 Å². The Bertz CT molecular complexity index is 1250. The Morgan fingerprint density at radius 1 is 0.903 bits per heavy atom. The van der Waals surface area contributed by atoms with Crippen molar-refractivity contribution >= 4 is 22.5 Å². The summed E-state index contributed by atoms with van der Waals surface area (Å²) >= 11 is 0. The van der Waals surface area contributed by atoms with Crippen LogP contribution in [0.25, 0.3) is 10.9 Å². The van der Waals surface area contributed by atoms with E-state index in [-0.39, 0.29) is 11.3 Å². The van der Waals surface area contributed by atoms with Gasteiger partial charge in [-0.3, -0.25) is 4.79 Å². The molecule has 0 spiro atoms. The summed E-state index contributed by atoms with van der Waals surface area (Å²) in [6, 6.07) is 24.7. The number of aromatic nitrogens is 1. The molecule has 0 aliphatic heterocycles. The molecule has 0 saturated heterocycles. The molecule has 156 valence electrons. The fourth-order valence-electron chi connectivity index (χ4n) is 3.56. The summed E-state index contributed by atoms with van der Waals surface area (Å²) in [5.74, 6) is -0.458. The molecule has 3 aromatic carbocycles. The molecule has 1 heterocycles. The molecule has 4 rings (SSSR count). The standard InChI is InChI=1S/C26H25N3O2/c1-26(2,3)20-15-13-18(14-16-20)17-29-22-12-8-7-11-21(22)23(25(29)31)27-28-24(30)19-9-5-4-6-10-19/h4-16,31H,17H2,1-3H3. The molecule has 1 N–H and O–H groups in total. The number of amides is 1. The molecule has 1 aromatic heterocycles. The van der Waals surface area contributed by atoms with Crippen molar-refractivity contribution in [1.29, 1.82) is 0 Å². The molecule has 0 saturated carbocycles. The maximum absolute atomic E-state index is 12.3. The van der Waals surface area contributed by atoms with E-state index in [0.717, 1.165) is 16.5 Å². The number of carbonyl (C=O) groups excluding carboxylic acids is 1. The van der Waals surface area contributed by atoms with Gasteiger partial charge in [-0.2, -0.15) is 0 Å². The zero-order valence-electron chi connectivity index (χ0n) is 17.9. The van der Waals surface area contributed by atoms with Crippen molar-refractivity contribution in [3.8, 4) is 5.88 Å². The summed E-state index contributed by atoms with van der Waals surface area (Å²) in [6.07, 6.45) is 0. The third-order valence-electron chi connectivity index (χ3n) is 5.34. The number of para-hydroxylation sites is 1. The molecule has 1 amide bonds. The Hall–Kier alpha value is -3.73. The lowest BCUT2D eigenvalue weighted by molar-refractivity contribution is 0.0995. The second kappa shape index (κ2) is 8.19. The summed E-state index contributed by atoms with van der Waals surface area (Å²) in [4.78, 5) is 12.3. The lowest BCUT2D eigenvalue weighted by Crippen LogP contribution is -2.11. The van der Waals surface area contributed by atoms with Gasteiger partial charge in [-0.05, 0) is 34.7 Å². The van der Waals surface area contributed by atoms with Gasteiger partial charge in [0, 0.05) is 10.9 Å². The minimum atomic E-state index is -0.449. The van der Waals surface area contributed by atoms with Gasteiger partial charge in [-0.15, -0.1) is 10.2 Å². The fourth-order valence-corrected chi connectivity index (χ4v) is 3.56. The number of hydrogen-bond acceptors (Lipinski definition) is 3. The Balaban J connectivity index is 1.69. The minimum Gasteiger partial charge on any atom is -0.493 e. The Morgan fingerprint density at radius 3 is 2.23 bits per heavy atom. The monoisotopic (exact) mass is 411 g/mol. The molecule has 0 unspecified atom stereocenters. The molecule has 0 bridgehead atoms. The first-order valence-electron chi connectivity index (χ1n) is 10.3. The second-order valence-corrected chi connectivity index (χ2v) is 8.59. The van der Waals surface area contributed by atoms with Gasteiger partial charge in [0.15, 0.2) is 5.69 Å². The number of fused-ring (bicyclic) bond motifs is 1. The maximum Gasteiger partial charge on any atom is 0.295 e. The van der Waals surface area contributed by atoms with E-state index in [0.29, 0.717) is 17.8 Å². The highest BCUT2D eigenvalue weighted by molar-refractivity contribution is 5.97. The van der Waals surface area contributed by atoms with Crippen molar-refractivity contribution < 1.29 is 9.90 Å². The van der Waals surface area contributed by atoms with Crippen LogP contribution in [0.15, 0.2) is 89.1 Å². The number of hydrogen-bond donors (Lipinski definition) is 1. The molecule has 5 heteroatoms. The quantitative estimate of drug-likeness (QED) is 0.384. The zero-order valence-corrected chi connectivity index (χ0v) is 17.9. The summed E-state index contributed by atoms with van der Waals surface area (Å²) in [6.45, 7) is 7.03. The summed E-state index contributed by atoms with van der Waals surface area (Å²) in [7, 11) is 0. The Labute approximate surface area is 181 Å². The average molecular weight is 412 g/mol. The van der Waals surface area contributed by atoms with Crippen molar-refractivity contribution in [3.05, 3.63) is 95.6 Å². The first kappa shape index (κ1) is 20.5. The minimum absolute atomic E-state index is 0.00860. The van der Waals surface area contributed by atoms with Gasteiger partial charge in [-0.25, -0.2) is 0 Å². The molecule has 0 aliphatic rings. The highest BCUT2D eigenvalue weighted by Crippen LogP contribution is 2.39. The molecule has 5 nitrogen and oxygen atoms in total. The van der Waals surface area contributed by atoms with Crippen molar-refractivity contribution in [2.24, 2.45) is 10.2 Å². The second-order valence-electron chi connectivity index (χ2n) is 8.59. The molecular weight excluding hydrogens is 386 g/mol. The normalized spacial score (nSPS) is 12.0. The predicted molar refractivity (Wildman–Crippen MR) is 123 cm³/mol. The van der Waals surface area contributed by atoms with Crippen LogP contribution in [-0.4, -0.2) is 15.6 Å². The van der Waals surface area contributed by atoms with Crippen LogP contribution in [0.2, 0.25) is 0 Å². The Morgan fingerprint density at radius 2 is 1.55 bits per heavy atom. The number of carbonyl (C=O) groups is 1. The average Bonchev–Trinajstić information content (AvgIpc) is 3.03. The molecule has 0 fully saturated rings. The number of nitrogens with zero attached hydrogens (tertiary/aromatic N) is 3. The smallest absolute Gasteiger partial charge is 0.295 e. The van der Waals surface area contributed by atoms with Crippen LogP contribution in [0.4, 0.5) is 5.69 Å². The van der Waals surface area contributed by atoms with E-state index < -0.39 is 5.91 Å². The van der Waals surface area contributed by atoms with Crippen LogP contribution in [0.3, 0.4) is 0 Å². The lowest BCUT2D eigenvalue weighted by Gasteiger charge is -2.19. The highest BCUT2D eigenvalue weighted by Gasteiger charge is 2.18. The number of benzene rings is 3. The van der Waals surface area contributed by atoms with E-state index in [1.54, 1.807) is 28.8 Å². The lowest BCUT2D eigenvalue weighted by atomic mass is 9.87. The Kier molecular flexibility index (Phi) is 5.42. The van der Waals surface area contributed by atoms with Crippen LogP contribution in [-0.2, 0) is 12.0 Å². The maximum atomic E-state index is 12.3. The van der Waals surface area contributed by atoms with E-state index in [2.05, 4.69) is 55.3 Å². The SMILES string of the molecule is CC(C)(C)c1ccc(Cn2c(O)c(N=NC(=O)c3ccccc3)c3ccccc32)cc1. The van der Waals surface area contributed by atoms with E-state index >= 15 is 0 Å². The van der Waals surface area contributed by atoms with E-state index in [1.807, 2.05) is 30.3 Å². The molecule has 0 atom stereocenters. The third kappa shape index (κ3) is 4.26. The van der Waals surface area contributed by atoms with Crippen LogP contribution in [0.1, 0.15) is 42.3 Å². The van der Waals surface area contributed by atoms with Crippen molar-refractivity contribution in [2.45, 2.75) is 32.7 Å². The molecule has 31 heavy (non-hydrogen) atoms. The van der Waals surface area contributed by atoms with Gasteiger partial charge in [-0.1, -0.05) is 81.4 Å². The van der Waals surface area contributed by atoms with Gasteiger partial charge < -0.3 is 9.67 Å². The summed E-state index contributed by atoms with van der Waals surface area (Å²) < 4.78 is 1.79. The van der Waals surface area contributed by atoms with E-state index in [1.165, 1.54) is 5.56 Å². The summed E-state index contributed by atoms with van der Waals surface area (Å²) in [5.41, 5.74) is 3.99. The van der Waals surface area contributed by atoms with Gasteiger partial charge >= 0.3 is 0 Å². The molecule has 0 radical (unpaired) electrons. The number of rotatable bonds is 4. The topological polar surface area (TPSA) is 66.9 Å². The van der Waals surface area contributed by atoms with Gasteiger partial charge in [0.1, 0.15) is 0 Å². The van der Waals surface area contributed by atoms with Crippen molar-refractivity contribution in [1.82, 2.24) is 4.57 Å². The summed E-state index contributed by atoms with van der Waals surface area (Å²) in [5, 5.41) is 19.7. The van der Waals surface area contributed by atoms with Crippen LogP contribution < -0.4 is 0 Å². The molecule has 4 aromatic rings. The first-order chi connectivity index (χ1) is 14.8. The molecule has 0 aliphatic carbocycles. The highest BCUT2D eigenvalue weighted by atomic mass is 16.3. The molecular formula is C26H25N3O2. The van der Waals surface area contributed by atoms with Crippen molar-refractivity contribution in [3.63, 3.8) is 0 Å². The van der Waals surface area contributed by atoms with Gasteiger partial charge in [0.05, 0.1) is 12.1 Å². The van der Waals surface area contributed by atoms with Gasteiger partial charge in [0.25, 0.3) is 5.91 Å². The number of azo groups is 1. The third-order valence-corrected chi connectivity index (χ3v) is 5.34.